The Morgan fingerprint density at radius 3 is 2.67 bits per heavy atom. The van der Waals surface area contributed by atoms with E-state index in [4.69, 9.17) is 0 Å². The predicted molar refractivity (Wildman–Crippen MR) is 79.1 cm³/mol. The third kappa shape index (κ3) is 3.15. The number of pyridine rings is 1. The molecule has 21 heavy (non-hydrogen) atoms. The highest BCUT2D eigenvalue weighted by molar-refractivity contribution is 14.1. The van der Waals surface area contributed by atoms with Crippen molar-refractivity contribution >= 4 is 28.4 Å². The van der Waals surface area contributed by atoms with E-state index in [1.54, 1.807) is 20.0 Å². The first-order valence-corrected chi connectivity index (χ1v) is 7.43. The highest BCUT2D eigenvalue weighted by Crippen LogP contribution is 2.30. The molecule has 1 aliphatic rings. The van der Waals surface area contributed by atoms with E-state index >= 15 is 0 Å². The van der Waals surface area contributed by atoms with Gasteiger partial charge in [0.1, 0.15) is 0 Å². The summed E-state index contributed by atoms with van der Waals surface area (Å²) in [5.74, 6) is -2.01. The molecule has 0 radical (unpaired) electrons. The monoisotopic (exact) mass is 414 g/mol. The highest BCUT2D eigenvalue weighted by atomic mass is 127. The first kappa shape index (κ1) is 16.5. The molecule has 2 heterocycles. The van der Waals surface area contributed by atoms with Gasteiger partial charge in [-0.25, -0.2) is 0 Å². The van der Waals surface area contributed by atoms with Crippen molar-refractivity contribution < 1.29 is 18.0 Å². The molecule has 116 valence electrons. The second-order valence-corrected chi connectivity index (χ2v) is 6.35. The van der Waals surface area contributed by atoms with Gasteiger partial charge in [-0.3, -0.25) is 9.59 Å². The summed E-state index contributed by atoms with van der Waals surface area (Å²) in [6, 6.07) is 0.422. The van der Waals surface area contributed by atoms with Crippen molar-refractivity contribution in [3.8, 4) is 0 Å². The maximum absolute atomic E-state index is 12.6. The maximum atomic E-state index is 12.6. The molecule has 2 atom stereocenters. The summed E-state index contributed by atoms with van der Waals surface area (Å²) in [7, 11) is 1.59. The van der Waals surface area contributed by atoms with Crippen molar-refractivity contribution in [2.75, 3.05) is 0 Å². The van der Waals surface area contributed by atoms with Crippen LogP contribution in [-0.2, 0) is 18.4 Å². The number of nitrogens with one attached hydrogen (secondary N) is 1. The minimum absolute atomic E-state index is 0.0552. The molecular weight excluding hydrogens is 400 g/mol. The smallest absolute Gasteiger partial charge is 0.313 e. The van der Waals surface area contributed by atoms with Crippen LogP contribution in [0.2, 0.25) is 0 Å². The van der Waals surface area contributed by atoms with Crippen LogP contribution in [-0.4, -0.2) is 22.6 Å². The van der Waals surface area contributed by atoms with Gasteiger partial charge in [0.2, 0.25) is 0 Å². The van der Waals surface area contributed by atoms with Gasteiger partial charge >= 0.3 is 6.18 Å². The number of hydrogen-bond donors (Lipinski definition) is 1. The lowest BCUT2D eigenvalue weighted by molar-refractivity contribution is -0.173. The number of alkyl halides is 3. The fourth-order valence-electron chi connectivity index (χ4n) is 2.59. The molecule has 0 saturated carbocycles. The van der Waals surface area contributed by atoms with Gasteiger partial charge in [-0.1, -0.05) is 6.92 Å². The Kier molecular flexibility index (Phi) is 4.48. The van der Waals surface area contributed by atoms with Crippen LogP contribution in [0.5, 0.6) is 0 Å². The fraction of sp³-hybridized carbons (Fsp3) is 0.538. The molecule has 0 bridgehead atoms. The summed E-state index contributed by atoms with van der Waals surface area (Å²) in [6.45, 7) is 1.83. The predicted octanol–water partition coefficient (Wildman–Crippen LogP) is 2.09. The van der Waals surface area contributed by atoms with Crippen LogP contribution in [0, 0.1) is 3.57 Å². The topological polar surface area (TPSA) is 51.1 Å². The number of halogens is 4. The van der Waals surface area contributed by atoms with Crippen LogP contribution in [0.15, 0.2) is 10.9 Å². The summed E-state index contributed by atoms with van der Waals surface area (Å²) in [5, 5.41) is 2.63. The van der Waals surface area contributed by atoms with Crippen molar-refractivity contribution in [1.29, 1.82) is 0 Å². The zero-order valence-electron chi connectivity index (χ0n) is 11.4. The van der Waals surface area contributed by atoms with E-state index in [1.807, 2.05) is 22.6 Å². The molecule has 0 aromatic carbocycles. The summed E-state index contributed by atoms with van der Waals surface area (Å²) >= 11 is 1.91. The Morgan fingerprint density at radius 1 is 1.48 bits per heavy atom. The second-order valence-electron chi connectivity index (χ2n) is 5.19. The van der Waals surface area contributed by atoms with E-state index in [9.17, 15) is 22.8 Å². The van der Waals surface area contributed by atoms with Crippen molar-refractivity contribution in [2.45, 2.75) is 38.0 Å². The summed E-state index contributed by atoms with van der Waals surface area (Å²) in [6.07, 6.45) is -4.80. The number of hydrogen-bond acceptors (Lipinski definition) is 3. The number of rotatable bonds is 1. The number of nitrogens with zero attached hydrogens (tertiary/aromatic N) is 1. The average Bonchev–Trinajstić information content (AvgIpc) is 2.54. The summed E-state index contributed by atoms with van der Waals surface area (Å²) < 4.78 is 39.7. The summed E-state index contributed by atoms with van der Waals surface area (Å²) in [5.41, 5.74) is 1.25. The van der Waals surface area contributed by atoms with Crippen LogP contribution < -0.4 is 10.9 Å². The van der Waals surface area contributed by atoms with E-state index < -0.39 is 18.0 Å². The van der Waals surface area contributed by atoms with E-state index in [-0.39, 0.29) is 24.4 Å². The lowest BCUT2D eigenvalue weighted by atomic mass is 9.93. The molecule has 1 N–H and O–H groups in total. The van der Waals surface area contributed by atoms with Crippen LogP contribution in [0.3, 0.4) is 0 Å². The Balaban J connectivity index is 2.40. The second kappa shape index (κ2) is 5.71. The van der Waals surface area contributed by atoms with Gasteiger partial charge in [0, 0.05) is 19.3 Å². The average molecular weight is 414 g/mol. The Bertz CT molecular complexity index is 640. The van der Waals surface area contributed by atoms with Crippen molar-refractivity contribution in [2.24, 2.45) is 7.05 Å². The number of aromatic nitrogens is 1. The van der Waals surface area contributed by atoms with Crippen LogP contribution in [0.25, 0.3) is 0 Å². The molecule has 0 aliphatic carbocycles. The Hall–Kier alpha value is -0.900. The molecule has 4 nitrogen and oxygen atoms in total. The molecule has 8 heteroatoms. The minimum Gasteiger partial charge on any atom is -0.313 e. The Morgan fingerprint density at radius 2 is 2.10 bits per heavy atom. The molecule has 2 rings (SSSR count). The Labute approximate surface area is 132 Å². The SMILES string of the molecule is CC1CC(C(=O)C(F)(F)F)NCc2c1cc(I)c(=O)n2C. The molecule has 0 spiro atoms. The molecular formula is C13H14F3IN2O2. The molecule has 1 aromatic heterocycles. The number of Topliss-reactive ketones (excluding diaryl/α,β-unsaturated/α-hetero) is 1. The maximum Gasteiger partial charge on any atom is 0.451 e. The number of ketones is 1. The van der Waals surface area contributed by atoms with Crippen LogP contribution in [0.1, 0.15) is 30.5 Å². The molecule has 0 saturated heterocycles. The number of fused-ring (bicyclic) bond motifs is 1. The van der Waals surface area contributed by atoms with Gasteiger partial charge in [-0.2, -0.15) is 13.2 Å². The van der Waals surface area contributed by atoms with Gasteiger partial charge < -0.3 is 9.88 Å². The molecule has 2 unspecified atom stereocenters. The molecule has 1 aliphatic heterocycles. The third-order valence-corrected chi connectivity index (χ3v) is 4.53. The first-order chi connectivity index (χ1) is 9.62. The van der Waals surface area contributed by atoms with Crippen molar-refractivity contribution in [3.05, 3.63) is 31.2 Å². The fourth-order valence-corrected chi connectivity index (χ4v) is 3.28. The van der Waals surface area contributed by atoms with E-state index in [0.717, 1.165) is 5.56 Å². The normalized spacial score (nSPS) is 22.6. The first-order valence-electron chi connectivity index (χ1n) is 6.35. The van der Waals surface area contributed by atoms with Gasteiger partial charge in [0.15, 0.2) is 0 Å². The standard InChI is InChI=1S/C13H14F3IN2O2/c1-6-3-9(11(20)13(14,15)16)18-5-10-7(6)4-8(17)12(21)19(10)2/h4,6,9,18H,3,5H2,1-2H3. The lowest BCUT2D eigenvalue weighted by Gasteiger charge is -2.18. The zero-order valence-corrected chi connectivity index (χ0v) is 13.6. The zero-order chi connectivity index (χ0) is 15.9. The van der Waals surface area contributed by atoms with Crippen LogP contribution >= 0.6 is 22.6 Å². The van der Waals surface area contributed by atoms with Gasteiger partial charge in [-0.15, -0.1) is 0 Å². The third-order valence-electron chi connectivity index (χ3n) is 3.76. The number of carbonyl (C=O) groups excluding carboxylic acids is 1. The molecule has 0 fully saturated rings. The summed E-state index contributed by atoms with van der Waals surface area (Å²) in [4.78, 5) is 23.3. The quantitative estimate of drug-likeness (QED) is 0.717. The molecule has 1 aromatic rings. The molecule has 0 amide bonds. The van der Waals surface area contributed by atoms with Crippen molar-refractivity contribution in [1.82, 2.24) is 9.88 Å². The van der Waals surface area contributed by atoms with E-state index in [1.165, 1.54) is 4.57 Å². The van der Waals surface area contributed by atoms with Crippen LogP contribution in [0.4, 0.5) is 13.2 Å². The number of carbonyl (C=O) groups is 1. The largest absolute Gasteiger partial charge is 0.451 e. The van der Waals surface area contributed by atoms with Gasteiger partial charge in [-0.05, 0) is 46.6 Å². The minimum atomic E-state index is -4.85. The van der Waals surface area contributed by atoms with E-state index in [2.05, 4.69) is 5.32 Å². The van der Waals surface area contributed by atoms with Crippen molar-refractivity contribution in [3.63, 3.8) is 0 Å². The van der Waals surface area contributed by atoms with E-state index in [0.29, 0.717) is 9.26 Å². The lowest BCUT2D eigenvalue weighted by Crippen LogP contribution is -2.43. The van der Waals surface area contributed by atoms with Gasteiger partial charge in [0.05, 0.1) is 9.61 Å². The van der Waals surface area contributed by atoms with Gasteiger partial charge in [0.25, 0.3) is 11.3 Å². The highest BCUT2D eigenvalue weighted by Gasteiger charge is 2.44.